The maximum atomic E-state index is 12.7. The van der Waals surface area contributed by atoms with Crippen molar-refractivity contribution >= 4 is 28.4 Å². The van der Waals surface area contributed by atoms with E-state index < -0.39 is 0 Å². The average Bonchev–Trinajstić information content (AvgIpc) is 2.55. The van der Waals surface area contributed by atoms with E-state index in [1.807, 2.05) is 17.0 Å². The predicted molar refractivity (Wildman–Crippen MR) is 83.1 cm³/mol. The van der Waals surface area contributed by atoms with Gasteiger partial charge < -0.3 is 9.64 Å². The quantitative estimate of drug-likeness (QED) is 0.852. The van der Waals surface area contributed by atoms with Crippen molar-refractivity contribution in [2.24, 2.45) is 0 Å². The van der Waals surface area contributed by atoms with Crippen molar-refractivity contribution in [1.29, 1.82) is 0 Å². The number of carbonyl (C=O) groups is 1. The van der Waals surface area contributed by atoms with Gasteiger partial charge in [-0.1, -0.05) is 11.6 Å². The molecular formula is C16H17ClN2O2. The highest BCUT2D eigenvalue weighted by molar-refractivity contribution is 6.36. The first-order valence-electron chi connectivity index (χ1n) is 7.13. The van der Waals surface area contributed by atoms with Crippen LogP contribution in [0.5, 0.6) is 5.75 Å². The van der Waals surface area contributed by atoms with Gasteiger partial charge in [0.15, 0.2) is 5.75 Å². The SMILES string of the molecule is COc1c(C(=O)N2CCCCC2)cc(Cl)c2cccnc12. The molecule has 110 valence electrons. The molecule has 1 aromatic heterocycles. The second kappa shape index (κ2) is 5.90. The average molecular weight is 305 g/mol. The van der Waals surface area contributed by atoms with E-state index in [1.54, 1.807) is 19.4 Å². The molecule has 2 heterocycles. The Morgan fingerprint density at radius 1 is 1.33 bits per heavy atom. The molecule has 21 heavy (non-hydrogen) atoms. The molecule has 2 aromatic rings. The number of amides is 1. The molecule has 0 spiro atoms. The Morgan fingerprint density at radius 3 is 2.81 bits per heavy atom. The summed E-state index contributed by atoms with van der Waals surface area (Å²) in [5, 5.41) is 1.32. The number of aromatic nitrogens is 1. The maximum Gasteiger partial charge on any atom is 0.257 e. The zero-order valence-corrected chi connectivity index (χ0v) is 12.7. The van der Waals surface area contributed by atoms with Crippen LogP contribution in [-0.2, 0) is 0 Å². The molecule has 1 aliphatic heterocycles. The van der Waals surface area contributed by atoms with Crippen molar-refractivity contribution in [2.45, 2.75) is 19.3 Å². The Bertz CT molecular complexity index is 681. The predicted octanol–water partition coefficient (Wildman–Crippen LogP) is 3.52. The highest BCUT2D eigenvalue weighted by atomic mass is 35.5. The molecule has 0 aliphatic carbocycles. The second-order valence-electron chi connectivity index (χ2n) is 5.19. The van der Waals surface area contributed by atoms with Crippen LogP contribution in [0.3, 0.4) is 0 Å². The fourth-order valence-corrected chi connectivity index (χ4v) is 3.07. The van der Waals surface area contributed by atoms with Gasteiger partial charge in [0.25, 0.3) is 5.91 Å². The first kappa shape index (κ1) is 14.1. The lowest BCUT2D eigenvalue weighted by molar-refractivity contribution is 0.0721. The Labute approximate surface area is 128 Å². The van der Waals surface area contributed by atoms with Crippen LogP contribution in [0, 0.1) is 0 Å². The number of benzene rings is 1. The number of halogens is 1. The molecule has 0 radical (unpaired) electrons. The molecule has 0 bridgehead atoms. The van der Waals surface area contributed by atoms with Gasteiger partial charge in [0.05, 0.1) is 17.7 Å². The number of hydrogen-bond donors (Lipinski definition) is 0. The van der Waals surface area contributed by atoms with Crippen molar-refractivity contribution in [3.8, 4) is 5.75 Å². The van der Waals surface area contributed by atoms with E-state index in [1.165, 1.54) is 6.42 Å². The fourth-order valence-electron chi connectivity index (χ4n) is 2.81. The number of likely N-dealkylation sites (tertiary alicyclic amines) is 1. The number of ether oxygens (including phenoxy) is 1. The third kappa shape index (κ3) is 2.56. The lowest BCUT2D eigenvalue weighted by Gasteiger charge is -2.27. The molecule has 0 N–H and O–H groups in total. The van der Waals surface area contributed by atoms with Gasteiger partial charge in [0.2, 0.25) is 0 Å². The molecule has 3 rings (SSSR count). The van der Waals surface area contributed by atoms with E-state index in [9.17, 15) is 4.79 Å². The van der Waals surface area contributed by atoms with Gasteiger partial charge in [-0.2, -0.15) is 0 Å². The van der Waals surface area contributed by atoms with E-state index in [2.05, 4.69) is 4.98 Å². The Kier molecular flexibility index (Phi) is 3.97. The minimum atomic E-state index is -0.0268. The number of methoxy groups -OCH3 is 1. The Morgan fingerprint density at radius 2 is 2.10 bits per heavy atom. The van der Waals surface area contributed by atoms with Gasteiger partial charge in [-0.05, 0) is 37.5 Å². The summed E-state index contributed by atoms with van der Waals surface area (Å²) in [6, 6.07) is 5.39. The molecule has 0 unspecified atom stereocenters. The monoisotopic (exact) mass is 304 g/mol. The van der Waals surface area contributed by atoms with E-state index in [0.717, 1.165) is 31.3 Å². The number of hydrogen-bond acceptors (Lipinski definition) is 3. The first-order valence-corrected chi connectivity index (χ1v) is 7.50. The smallest absolute Gasteiger partial charge is 0.257 e. The van der Waals surface area contributed by atoms with Gasteiger partial charge in [-0.25, -0.2) is 0 Å². The van der Waals surface area contributed by atoms with Crippen molar-refractivity contribution in [3.05, 3.63) is 35.0 Å². The van der Waals surface area contributed by atoms with Gasteiger partial charge >= 0.3 is 0 Å². The van der Waals surface area contributed by atoms with E-state index in [-0.39, 0.29) is 5.91 Å². The summed E-state index contributed by atoms with van der Waals surface area (Å²) < 4.78 is 5.46. The summed E-state index contributed by atoms with van der Waals surface area (Å²) >= 11 is 6.31. The van der Waals surface area contributed by atoms with Crippen LogP contribution in [0.25, 0.3) is 10.9 Å². The lowest BCUT2D eigenvalue weighted by Crippen LogP contribution is -2.35. The topological polar surface area (TPSA) is 42.4 Å². The Hall–Kier alpha value is -1.81. The molecule has 0 atom stereocenters. The van der Waals surface area contributed by atoms with Crippen LogP contribution >= 0.6 is 11.6 Å². The number of rotatable bonds is 2. The van der Waals surface area contributed by atoms with E-state index in [0.29, 0.717) is 21.9 Å². The van der Waals surface area contributed by atoms with Crippen LogP contribution in [0.4, 0.5) is 0 Å². The zero-order chi connectivity index (χ0) is 14.8. The second-order valence-corrected chi connectivity index (χ2v) is 5.60. The molecule has 1 aliphatic rings. The molecule has 1 saturated heterocycles. The van der Waals surface area contributed by atoms with Crippen LogP contribution in [0.15, 0.2) is 24.4 Å². The molecule has 1 fully saturated rings. The summed E-state index contributed by atoms with van der Waals surface area (Å²) in [4.78, 5) is 18.9. The normalized spacial score (nSPS) is 15.2. The summed E-state index contributed by atoms with van der Waals surface area (Å²) in [5.74, 6) is 0.478. The Balaban J connectivity index is 2.11. The van der Waals surface area contributed by atoms with Crippen molar-refractivity contribution < 1.29 is 9.53 Å². The van der Waals surface area contributed by atoms with Gasteiger partial charge in [-0.15, -0.1) is 0 Å². The van der Waals surface area contributed by atoms with E-state index in [4.69, 9.17) is 16.3 Å². The third-order valence-corrected chi connectivity index (χ3v) is 4.19. The lowest BCUT2D eigenvalue weighted by atomic mass is 10.1. The number of carbonyl (C=O) groups excluding carboxylic acids is 1. The van der Waals surface area contributed by atoms with Crippen LogP contribution < -0.4 is 4.74 Å². The minimum absolute atomic E-state index is 0.0268. The van der Waals surface area contributed by atoms with Crippen molar-refractivity contribution in [1.82, 2.24) is 9.88 Å². The highest BCUT2D eigenvalue weighted by Gasteiger charge is 2.24. The number of pyridine rings is 1. The molecule has 1 aromatic carbocycles. The first-order chi connectivity index (χ1) is 10.2. The summed E-state index contributed by atoms with van der Waals surface area (Å²) in [6.45, 7) is 1.58. The molecule has 5 heteroatoms. The summed E-state index contributed by atoms with van der Waals surface area (Å²) in [7, 11) is 1.56. The number of piperidine rings is 1. The maximum absolute atomic E-state index is 12.7. The molecule has 4 nitrogen and oxygen atoms in total. The molecular weight excluding hydrogens is 288 g/mol. The van der Waals surface area contributed by atoms with Gasteiger partial charge in [-0.3, -0.25) is 9.78 Å². The fraction of sp³-hybridized carbons (Fsp3) is 0.375. The van der Waals surface area contributed by atoms with Crippen LogP contribution in [-0.4, -0.2) is 36.0 Å². The minimum Gasteiger partial charge on any atom is -0.494 e. The van der Waals surface area contributed by atoms with Crippen LogP contribution in [0.1, 0.15) is 29.6 Å². The summed E-state index contributed by atoms with van der Waals surface area (Å²) in [6.07, 6.45) is 4.96. The number of nitrogens with zero attached hydrogens (tertiary/aromatic N) is 2. The third-order valence-electron chi connectivity index (χ3n) is 3.87. The highest BCUT2D eigenvalue weighted by Crippen LogP contribution is 2.34. The molecule has 0 saturated carbocycles. The largest absolute Gasteiger partial charge is 0.494 e. The standard InChI is InChI=1S/C16H17ClN2O2/c1-21-15-12(16(20)19-8-3-2-4-9-19)10-13(17)11-6-5-7-18-14(11)15/h5-7,10H,2-4,8-9H2,1H3. The van der Waals surface area contributed by atoms with Crippen molar-refractivity contribution in [3.63, 3.8) is 0 Å². The molecule has 1 amide bonds. The van der Waals surface area contributed by atoms with E-state index >= 15 is 0 Å². The van der Waals surface area contributed by atoms with Gasteiger partial charge in [0.1, 0.15) is 5.52 Å². The van der Waals surface area contributed by atoms with Crippen LogP contribution in [0.2, 0.25) is 5.02 Å². The van der Waals surface area contributed by atoms with Crippen molar-refractivity contribution in [2.75, 3.05) is 20.2 Å². The summed E-state index contributed by atoms with van der Waals surface area (Å²) in [5.41, 5.74) is 1.13. The zero-order valence-electron chi connectivity index (χ0n) is 11.9. The van der Waals surface area contributed by atoms with Gasteiger partial charge in [0, 0.05) is 24.7 Å². The number of fused-ring (bicyclic) bond motifs is 1.